The molecule has 0 amide bonds. The van der Waals surface area contributed by atoms with Crippen LogP contribution in [0.1, 0.15) is 213 Å². The number of hydrogen-bond donors (Lipinski definition) is 0. The zero-order valence-electron chi connectivity index (χ0n) is 28.2. The van der Waals surface area contributed by atoms with Crippen LogP contribution < -0.4 is 4.57 Å². The monoisotopic (exact) mass is 560 g/mol. The lowest BCUT2D eigenvalue weighted by molar-refractivity contribution is -0.704. The zero-order chi connectivity index (χ0) is 28.8. The summed E-state index contributed by atoms with van der Waals surface area (Å²) in [5, 5.41) is 0. The van der Waals surface area contributed by atoms with Gasteiger partial charge in [0, 0.05) is 6.42 Å². The molecule has 0 saturated heterocycles. The molecule has 0 atom stereocenters. The Morgan fingerprint density at radius 1 is 0.425 bits per heavy atom. The number of aryl methyl sites for hydroxylation is 2. The van der Waals surface area contributed by atoms with Crippen molar-refractivity contribution in [1.82, 2.24) is 4.57 Å². The highest BCUT2D eigenvalue weighted by atomic mass is 15.1. The Morgan fingerprint density at radius 3 is 1.20 bits per heavy atom. The summed E-state index contributed by atoms with van der Waals surface area (Å²) in [4.78, 5) is 0. The van der Waals surface area contributed by atoms with Crippen LogP contribution in [0.5, 0.6) is 0 Å². The molecule has 2 nitrogen and oxygen atoms in total. The van der Waals surface area contributed by atoms with Gasteiger partial charge in [-0.25, -0.2) is 9.13 Å². The van der Waals surface area contributed by atoms with Crippen LogP contribution >= 0.6 is 0 Å². The molecule has 0 saturated carbocycles. The maximum atomic E-state index is 2.62. The molecule has 0 aliphatic rings. The molecule has 0 aromatic carbocycles. The van der Waals surface area contributed by atoms with Crippen molar-refractivity contribution in [2.24, 2.45) is 0 Å². The summed E-state index contributed by atoms with van der Waals surface area (Å²) in [6, 6.07) is 0. The van der Waals surface area contributed by atoms with E-state index in [0.29, 0.717) is 0 Å². The summed E-state index contributed by atoms with van der Waals surface area (Å²) < 4.78 is 5.21. The number of unbranched alkanes of at least 4 members (excludes halogenated alkanes) is 26. The van der Waals surface area contributed by atoms with Crippen molar-refractivity contribution in [3.63, 3.8) is 0 Å². The van der Waals surface area contributed by atoms with Crippen LogP contribution in [0.15, 0.2) is 12.4 Å². The molecule has 0 N–H and O–H groups in total. The maximum absolute atomic E-state index is 2.62. The smallest absolute Gasteiger partial charge is 0.234 e. The summed E-state index contributed by atoms with van der Waals surface area (Å²) in [7, 11) is 0. The number of imidazole rings is 1. The predicted octanol–water partition coefficient (Wildman–Crippen LogP) is 12.7. The van der Waals surface area contributed by atoms with Crippen molar-refractivity contribution in [1.29, 1.82) is 0 Å². The largest absolute Gasteiger partial charge is 0.256 e. The van der Waals surface area contributed by atoms with E-state index in [1.54, 1.807) is 5.82 Å². The second-order valence-electron chi connectivity index (χ2n) is 13.0. The first-order valence-electron chi connectivity index (χ1n) is 18.9. The third kappa shape index (κ3) is 21.9. The summed E-state index contributed by atoms with van der Waals surface area (Å²) in [6.45, 7) is 9.38. The van der Waals surface area contributed by atoms with Gasteiger partial charge in [-0.2, -0.15) is 0 Å². The van der Waals surface area contributed by atoms with Crippen LogP contribution in [-0.2, 0) is 19.5 Å². The highest BCUT2D eigenvalue weighted by molar-refractivity contribution is 4.84. The summed E-state index contributed by atoms with van der Waals surface area (Å²) in [5.74, 6) is 1.61. The molecule has 1 rings (SSSR count). The molecular formula is C38H75N2+. The topological polar surface area (TPSA) is 8.81 Å². The van der Waals surface area contributed by atoms with Gasteiger partial charge in [0.1, 0.15) is 12.4 Å². The van der Waals surface area contributed by atoms with E-state index in [2.05, 4.69) is 42.3 Å². The highest BCUT2D eigenvalue weighted by Crippen LogP contribution is 2.15. The molecule has 0 spiro atoms. The van der Waals surface area contributed by atoms with Crippen LogP contribution in [-0.4, -0.2) is 4.57 Å². The molecule has 40 heavy (non-hydrogen) atoms. The highest BCUT2D eigenvalue weighted by Gasteiger charge is 2.16. The first-order valence-corrected chi connectivity index (χ1v) is 18.9. The average Bonchev–Trinajstić information content (AvgIpc) is 3.35. The van der Waals surface area contributed by atoms with Gasteiger partial charge in [0.05, 0.1) is 13.1 Å². The maximum Gasteiger partial charge on any atom is 0.256 e. The first kappa shape index (κ1) is 37.2. The summed E-state index contributed by atoms with van der Waals surface area (Å²) in [5.41, 5.74) is 0. The van der Waals surface area contributed by atoms with Gasteiger partial charge in [-0.1, -0.05) is 175 Å². The minimum atomic E-state index is 1.22. The fraction of sp³-hybridized carbons (Fsp3) is 0.921. The van der Waals surface area contributed by atoms with Crippen molar-refractivity contribution in [3.8, 4) is 0 Å². The normalized spacial score (nSPS) is 11.6. The predicted molar refractivity (Wildman–Crippen MR) is 179 cm³/mol. The standard InChI is InChI=1S/C38H75N2/c1-4-7-10-12-14-16-18-19-20-21-23-25-27-29-32-35-40-37-36-39(34-31-9-6-3)38(40)33-30-28-26-24-22-17-15-13-11-8-5-2/h36-37H,4-35H2,1-3H3/q+1. The van der Waals surface area contributed by atoms with E-state index in [0.717, 1.165) is 0 Å². The molecule has 0 bridgehead atoms. The molecule has 1 heterocycles. The Morgan fingerprint density at radius 2 is 0.775 bits per heavy atom. The van der Waals surface area contributed by atoms with Crippen LogP contribution in [0.3, 0.4) is 0 Å². The van der Waals surface area contributed by atoms with E-state index in [-0.39, 0.29) is 0 Å². The fourth-order valence-corrected chi connectivity index (χ4v) is 6.33. The van der Waals surface area contributed by atoms with Gasteiger partial charge >= 0.3 is 0 Å². The van der Waals surface area contributed by atoms with Gasteiger partial charge in [0.2, 0.25) is 0 Å². The lowest BCUT2D eigenvalue weighted by Gasteiger charge is -2.07. The van der Waals surface area contributed by atoms with E-state index in [9.17, 15) is 0 Å². The van der Waals surface area contributed by atoms with Crippen LogP contribution in [0.25, 0.3) is 0 Å². The number of rotatable bonds is 32. The van der Waals surface area contributed by atoms with Crippen molar-refractivity contribution in [2.45, 2.75) is 226 Å². The minimum absolute atomic E-state index is 1.22. The van der Waals surface area contributed by atoms with E-state index >= 15 is 0 Å². The molecule has 0 aliphatic heterocycles. The molecule has 0 unspecified atom stereocenters. The van der Waals surface area contributed by atoms with Crippen molar-refractivity contribution >= 4 is 0 Å². The fourth-order valence-electron chi connectivity index (χ4n) is 6.33. The van der Waals surface area contributed by atoms with E-state index in [1.165, 1.54) is 206 Å². The Kier molecular flexibility index (Phi) is 27.6. The van der Waals surface area contributed by atoms with Gasteiger partial charge in [0.25, 0.3) is 5.82 Å². The lowest BCUT2D eigenvalue weighted by atomic mass is 10.0. The van der Waals surface area contributed by atoms with Gasteiger partial charge in [0.15, 0.2) is 0 Å². The first-order chi connectivity index (χ1) is 19.8. The SMILES string of the molecule is CCCCCCCCCCCCCCCCCn1cc[n+](CCCCC)c1CCCCCCCCCCCCC. The molecule has 0 radical (unpaired) electrons. The Balaban J connectivity index is 2.14. The molecule has 2 heteroatoms. The molecule has 0 fully saturated rings. The van der Waals surface area contributed by atoms with E-state index in [4.69, 9.17) is 0 Å². The minimum Gasteiger partial charge on any atom is -0.234 e. The number of hydrogen-bond acceptors (Lipinski definition) is 0. The van der Waals surface area contributed by atoms with Gasteiger partial charge in [-0.15, -0.1) is 0 Å². The average molecular weight is 560 g/mol. The quantitative estimate of drug-likeness (QED) is 0.0613. The van der Waals surface area contributed by atoms with Gasteiger partial charge < -0.3 is 0 Å². The van der Waals surface area contributed by atoms with E-state index < -0.39 is 0 Å². The van der Waals surface area contributed by atoms with Crippen LogP contribution in [0.4, 0.5) is 0 Å². The van der Waals surface area contributed by atoms with Crippen molar-refractivity contribution < 1.29 is 4.57 Å². The molecular weight excluding hydrogens is 484 g/mol. The number of aromatic nitrogens is 2. The Labute approximate surface area is 253 Å². The summed E-state index contributed by atoms with van der Waals surface area (Å²) >= 11 is 0. The third-order valence-corrected chi connectivity index (χ3v) is 9.10. The van der Waals surface area contributed by atoms with E-state index in [1.807, 2.05) is 0 Å². The molecule has 236 valence electrons. The van der Waals surface area contributed by atoms with Crippen molar-refractivity contribution in [3.05, 3.63) is 18.2 Å². The van der Waals surface area contributed by atoms with Gasteiger partial charge in [-0.05, 0) is 32.1 Å². The Bertz CT molecular complexity index is 619. The zero-order valence-corrected chi connectivity index (χ0v) is 28.2. The number of nitrogens with zero attached hydrogens (tertiary/aromatic N) is 2. The van der Waals surface area contributed by atoms with Gasteiger partial charge in [-0.3, -0.25) is 0 Å². The Hall–Kier alpha value is -0.790. The molecule has 1 aromatic rings. The lowest BCUT2D eigenvalue weighted by Crippen LogP contribution is -2.37. The third-order valence-electron chi connectivity index (χ3n) is 9.10. The second-order valence-corrected chi connectivity index (χ2v) is 13.0. The molecule has 0 aliphatic carbocycles. The van der Waals surface area contributed by atoms with Crippen molar-refractivity contribution in [2.75, 3.05) is 0 Å². The second kappa shape index (κ2) is 29.7. The molecule has 1 aromatic heterocycles. The summed E-state index contributed by atoms with van der Waals surface area (Å²) in [6.07, 6.45) is 47.5. The van der Waals surface area contributed by atoms with Crippen LogP contribution in [0, 0.1) is 0 Å². The van der Waals surface area contributed by atoms with Crippen LogP contribution in [0.2, 0.25) is 0 Å².